The Morgan fingerprint density at radius 1 is 0.905 bits per heavy atom. The number of methoxy groups -OCH3 is 2. The van der Waals surface area contributed by atoms with Crippen molar-refractivity contribution >= 4 is 31.9 Å². The maximum absolute atomic E-state index is 6.43. The van der Waals surface area contributed by atoms with Crippen LogP contribution >= 0.6 is 31.9 Å². The Balaban J connectivity index is 2.50. The summed E-state index contributed by atoms with van der Waals surface area (Å²) in [5, 5.41) is 0. The Morgan fingerprint density at radius 3 is 2.05 bits per heavy atom. The summed E-state index contributed by atoms with van der Waals surface area (Å²) in [5.74, 6) is 1.33. The summed E-state index contributed by atoms with van der Waals surface area (Å²) in [4.78, 5) is 0. The molecule has 5 heteroatoms. The number of halogens is 2. The topological polar surface area (TPSA) is 44.5 Å². The highest BCUT2D eigenvalue weighted by Gasteiger charge is 2.18. The SMILES string of the molecule is COc1cc(Br)c(C(N)c2ccc(C)cc2Br)cc1OC. The maximum Gasteiger partial charge on any atom is 0.161 e. The van der Waals surface area contributed by atoms with Gasteiger partial charge in [0.25, 0.3) is 0 Å². The zero-order chi connectivity index (χ0) is 15.6. The van der Waals surface area contributed by atoms with Crippen molar-refractivity contribution in [1.29, 1.82) is 0 Å². The van der Waals surface area contributed by atoms with E-state index in [0.717, 1.165) is 20.1 Å². The van der Waals surface area contributed by atoms with Crippen LogP contribution in [-0.4, -0.2) is 14.2 Å². The molecule has 0 fully saturated rings. The lowest BCUT2D eigenvalue weighted by Crippen LogP contribution is -2.13. The van der Waals surface area contributed by atoms with Crippen LogP contribution in [0.2, 0.25) is 0 Å². The molecule has 0 saturated carbocycles. The average Bonchev–Trinajstić information content (AvgIpc) is 2.46. The first kappa shape index (κ1) is 16.3. The molecule has 0 bridgehead atoms. The molecule has 0 radical (unpaired) electrons. The molecule has 2 N–H and O–H groups in total. The second-order valence-electron chi connectivity index (χ2n) is 4.73. The number of ether oxygens (including phenoxy) is 2. The number of benzene rings is 2. The van der Waals surface area contributed by atoms with Crippen molar-refractivity contribution in [2.45, 2.75) is 13.0 Å². The minimum atomic E-state index is -0.269. The van der Waals surface area contributed by atoms with E-state index >= 15 is 0 Å². The smallest absolute Gasteiger partial charge is 0.161 e. The van der Waals surface area contributed by atoms with Crippen LogP contribution in [0.3, 0.4) is 0 Å². The van der Waals surface area contributed by atoms with Crippen LogP contribution in [-0.2, 0) is 0 Å². The summed E-state index contributed by atoms with van der Waals surface area (Å²) in [5.41, 5.74) is 9.57. The lowest BCUT2D eigenvalue weighted by atomic mass is 9.98. The number of rotatable bonds is 4. The van der Waals surface area contributed by atoms with E-state index in [1.807, 2.05) is 25.1 Å². The molecular formula is C16H17Br2NO2. The second-order valence-corrected chi connectivity index (χ2v) is 6.44. The fraction of sp³-hybridized carbons (Fsp3) is 0.250. The molecule has 1 unspecified atom stereocenters. The summed E-state index contributed by atoms with van der Waals surface area (Å²) in [6.07, 6.45) is 0. The molecular weight excluding hydrogens is 398 g/mol. The summed E-state index contributed by atoms with van der Waals surface area (Å²) >= 11 is 7.14. The first-order valence-electron chi connectivity index (χ1n) is 6.41. The van der Waals surface area contributed by atoms with Crippen molar-refractivity contribution in [3.05, 3.63) is 56.0 Å². The van der Waals surface area contributed by atoms with Gasteiger partial charge in [0.2, 0.25) is 0 Å². The number of hydrogen-bond acceptors (Lipinski definition) is 3. The molecule has 0 aliphatic carbocycles. The molecule has 0 heterocycles. The number of nitrogens with two attached hydrogens (primary N) is 1. The van der Waals surface area contributed by atoms with Crippen molar-refractivity contribution in [3.8, 4) is 11.5 Å². The molecule has 0 aliphatic rings. The third-order valence-electron chi connectivity index (χ3n) is 3.33. The molecule has 0 amide bonds. The first-order valence-corrected chi connectivity index (χ1v) is 7.99. The predicted molar refractivity (Wildman–Crippen MR) is 92.2 cm³/mol. The van der Waals surface area contributed by atoms with Crippen LogP contribution < -0.4 is 15.2 Å². The Labute approximate surface area is 141 Å². The molecule has 0 spiro atoms. The van der Waals surface area contributed by atoms with Crippen LogP contribution in [0.5, 0.6) is 11.5 Å². The number of aryl methyl sites for hydroxylation is 1. The highest BCUT2D eigenvalue weighted by atomic mass is 79.9. The van der Waals surface area contributed by atoms with Crippen molar-refractivity contribution in [3.63, 3.8) is 0 Å². The van der Waals surface area contributed by atoms with E-state index < -0.39 is 0 Å². The van der Waals surface area contributed by atoms with Gasteiger partial charge >= 0.3 is 0 Å². The maximum atomic E-state index is 6.43. The molecule has 0 saturated heterocycles. The molecule has 0 aliphatic heterocycles. The summed E-state index contributed by atoms with van der Waals surface area (Å²) < 4.78 is 12.5. The summed E-state index contributed by atoms with van der Waals surface area (Å²) in [6.45, 7) is 2.05. The minimum absolute atomic E-state index is 0.269. The van der Waals surface area contributed by atoms with Crippen LogP contribution in [0.4, 0.5) is 0 Å². The average molecular weight is 415 g/mol. The van der Waals surface area contributed by atoms with Gasteiger partial charge in [0.1, 0.15) is 0 Å². The zero-order valence-electron chi connectivity index (χ0n) is 12.1. The summed E-state index contributed by atoms with van der Waals surface area (Å²) in [7, 11) is 3.23. The molecule has 2 aromatic carbocycles. The van der Waals surface area contributed by atoms with E-state index in [-0.39, 0.29) is 6.04 Å². The van der Waals surface area contributed by atoms with E-state index in [2.05, 4.69) is 44.0 Å². The van der Waals surface area contributed by atoms with Gasteiger partial charge in [-0.15, -0.1) is 0 Å². The van der Waals surface area contributed by atoms with Crippen LogP contribution in [0.25, 0.3) is 0 Å². The van der Waals surface area contributed by atoms with Gasteiger partial charge in [0.15, 0.2) is 11.5 Å². The van der Waals surface area contributed by atoms with E-state index in [4.69, 9.17) is 15.2 Å². The quantitative estimate of drug-likeness (QED) is 0.795. The first-order chi connectivity index (χ1) is 9.97. The lowest BCUT2D eigenvalue weighted by molar-refractivity contribution is 0.354. The Hall–Kier alpha value is -1.04. The highest BCUT2D eigenvalue weighted by molar-refractivity contribution is 9.10. The van der Waals surface area contributed by atoms with E-state index in [9.17, 15) is 0 Å². The molecule has 1 atom stereocenters. The largest absolute Gasteiger partial charge is 0.493 e. The van der Waals surface area contributed by atoms with Gasteiger partial charge in [-0.05, 0) is 41.8 Å². The third-order valence-corrected chi connectivity index (χ3v) is 4.70. The second kappa shape index (κ2) is 6.81. The fourth-order valence-corrected chi connectivity index (χ4v) is 3.47. The predicted octanol–water partition coefficient (Wildman–Crippen LogP) is 4.59. The van der Waals surface area contributed by atoms with Crippen LogP contribution in [0.1, 0.15) is 22.7 Å². The van der Waals surface area contributed by atoms with E-state index in [1.165, 1.54) is 5.56 Å². The fourth-order valence-electron chi connectivity index (χ4n) is 2.16. The van der Waals surface area contributed by atoms with Gasteiger partial charge in [0.05, 0.1) is 20.3 Å². The van der Waals surface area contributed by atoms with Gasteiger partial charge in [-0.3, -0.25) is 0 Å². The van der Waals surface area contributed by atoms with Crippen molar-refractivity contribution < 1.29 is 9.47 Å². The van der Waals surface area contributed by atoms with Gasteiger partial charge in [-0.1, -0.05) is 44.0 Å². The Morgan fingerprint density at radius 2 is 1.48 bits per heavy atom. The molecule has 21 heavy (non-hydrogen) atoms. The van der Waals surface area contributed by atoms with Gasteiger partial charge in [-0.25, -0.2) is 0 Å². The Bertz CT molecular complexity index is 659. The monoisotopic (exact) mass is 413 g/mol. The van der Waals surface area contributed by atoms with Crippen LogP contribution in [0, 0.1) is 6.92 Å². The van der Waals surface area contributed by atoms with Crippen molar-refractivity contribution in [1.82, 2.24) is 0 Å². The molecule has 2 rings (SSSR count). The van der Waals surface area contributed by atoms with E-state index in [1.54, 1.807) is 14.2 Å². The van der Waals surface area contributed by atoms with Crippen molar-refractivity contribution in [2.24, 2.45) is 5.73 Å². The lowest BCUT2D eigenvalue weighted by Gasteiger charge is -2.19. The molecule has 0 aromatic heterocycles. The standard InChI is InChI=1S/C16H17Br2NO2/c1-9-4-5-10(12(17)6-9)16(19)11-7-14(20-2)15(21-3)8-13(11)18/h4-8,16H,19H2,1-3H3. The molecule has 3 nitrogen and oxygen atoms in total. The Kier molecular flexibility index (Phi) is 5.30. The number of hydrogen-bond donors (Lipinski definition) is 1. The van der Waals surface area contributed by atoms with Crippen LogP contribution in [0.15, 0.2) is 39.3 Å². The van der Waals surface area contributed by atoms with Crippen molar-refractivity contribution in [2.75, 3.05) is 14.2 Å². The van der Waals surface area contributed by atoms with Gasteiger partial charge in [-0.2, -0.15) is 0 Å². The van der Waals surface area contributed by atoms with Gasteiger partial charge < -0.3 is 15.2 Å². The third kappa shape index (κ3) is 3.42. The summed E-state index contributed by atoms with van der Waals surface area (Å²) in [6, 6.07) is 9.65. The van der Waals surface area contributed by atoms with Gasteiger partial charge in [0, 0.05) is 8.95 Å². The van der Waals surface area contributed by atoms with E-state index in [0.29, 0.717) is 11.5 Å². The zero-order valence-corrected chi connectivity index (χ0v) is 15.3. The minimum Gasteiger partial charge on any atom is -0.493 e. The normalized spacial score (nSPS) is 12.1. The highest BCUT2D eigenvalue weighted by Crippen LogP contribution is 2.38. The molecule has 112 valence electrons. The molecule has 2 aromatic rings.